The predicted molar refractivity (Wildman–Crippen MR) is 93.3 cm³/mol. The highest BCUT2D eigenvalue weighted by Crippen LogP contribution is 2.32. The molecular weight excluding hydrogens is 360 g/mol. The number of carbonyl (C=O) groups is 3. The second-order valence-electron chi connectivity index (χ2n) is 6.42. The van der Waals surface area contributed by atoms with E-state index >= 15 is 0 Å². The lowest BCUT2D eigenvalue weighted by molar-refractivity contribution is -0.139. The van der Waals surface area contributed by atoms with Gasteiger partial charge in [-0.25, -0.2) is 17.5 Å². The van der Waals surface area contributed by atoms with Gasteiger partial charge in [0, 0.05) is 11.6 Å². The van der Waals surface area contributed by atoms with Crippen molar-refractivity contribution in [1.29, 1.82) is 0 Å². The number of sulfonamides is 1. The molecule has 0 radical (unpaired) electrons. The van der Waals surface area contributed by atoms with E-state index < -0.39 is 39.9 Å². The average Bonchev–Trinajstić information content (AvgIpc) is 2.76. The highest BCUT2D eigenvalue weighted by Gasteiger charge is 2.43. The lowest BCUT2D eigenvalue weighted by Gasteiger charge is -2.18. The highest BCUT2D eigenvalue weighted by atomic mass is 32.2. The summed E-state index contributed by atoms with van der Waals surface area (Å²) in [6.45, 7) is 5.07. The Bertz CT molecular complexity index is 847. The normalized spacial score (nSPS) is 16.5. The summed E-state index contributed by atoms with van der Waals surface area (Å²) in [5.74, 6) is -2.47. The molecule has 1 atom stereocenters. The zero-order valence-electron chi connectivity index (χ0n) is 14.9. The van der Waals surface area contributed by atoms with Gasteiger partial charge in [-0.3, -0.25) is 9.59 Å². The Morgan fingerprint density at radius 1 is 1.27 bits per heavy atom. The molecule has 1 aliphatic heterocycles. The second kappa shape index (κ2) is 7.45. The summed E-state index contributed by atoms with van der Waals surface area (Å²) in [6, 6.07) is 2.13. The zero-order chi connectivity index (χ0) is 19.6. The molecule has 0 spiro atoms. The Hall–Kier alpha value is -2.42. The summed E-state index contributed by atoms with van der Waals surface area (Å²) in [4.78, 5) is 35.7. The topological polar surface area (TPSA) is 121 Å². The first-order valence-electron chi connectivity index (χ1n) is 8.37. The van der Waals surface area contributed by atoms with Gasteiger partial charge < -0.3 is 10.4 Å². The standard InChI is InChI=1S/C17H22N2O6S/c1-4-5-6-13(17(22)23)18-15(20)11-7-8-12-14(9-11)26(24,25)19(10(2)3)16(12)21/h7-10,13H,4-6H2,1-3H3,(H,18,20)(H,22,23). The van der Waals surface area contributed by atoms with Crippen molar-refractivity contribution in [3.63, 3.8) is 0 Å². The number of hydrogen-bond donors (Lipinski definition) is 2. The molecule has 1 aromatic carbocycles. The fraction of sp³-hybridized carbons (Fsp3) is 0.471. The van der Waals surface area contributed by atoms with Crippen LogP contribution < -0.4 is 5.32 Å². The Morgan fingerprint density at radius 2 is 1.92 bits per heavy atom. The van der Waals surface area contributed by atoms with Gasteiger partial charge in [-0.2, -0.15) is 0 Å². The monoisotopic (exact) mass is 382 g/mol. The maximum Gasteiger partial charge on any atom is 0.326 e. The van der Waals surface area contributed by atoms with E-state index in [1.807, 2.05) is 6.92 Å². The first-order valence-corrected chi connectivity index (χ1v) is 9.81. The second-order valence-corrected chi connectivity index (χ2v) is 8.20. The Kier molecular flexibility index (Phi) is 5.70. The van der Waals surface area contributed by atoms with E-state index in [1.165, 1.54) is 12.1 Å². The van der Waals surface area contributed by atoms with E-state index in [2.05, 4.69) is 5.32 Å². The third-order valence-electron chi connectivity index (χ3n) is 4.13. The zero-order valence-corrected chi connectivity index (χ0v) is 15.7. The number of unbranched alkanes of at least 4 members (excludes halogenated alkanes) is 1. The van der Waals surface area contributed by atoms with Crippen LogP contribution in [0.1, 0.15) is 60.7 Å². The van der Waals surface area contributed by atoms with Crippen LogP contribution in [0.3, 0.4) is 0 Å². The van der Waals surface area contributed by atoms with Crippen LogP contribution in [0.2, 0.25) is 0 Å². The van der Waals surface area contributed by atoms with Crippen LogP contribution in [0.25, 0.3) is 0 Å². The maximum atomic E-state index is 12.6. The summed E-state index contributed by atoms with van der Waals surface area (Å²) in [5.41, 5.74) is 0.00416. The van der Waals surface area contributed by atoms with Crippen LogP contribution in [0.15, 0.2) is 23.1 Å². The number of carbonyl (C=O) groups excluding carboxylic acids is 2. The molecule has 0 fully saturated rings. The first-order chi connectivity index (χ1) is 12.1. The van der Waals surface area contributed by atoms with Crippen molar-refractivity contribution in [2.75, 3.05) is 0 Å². The van der Waals surface area contributed by atoms with Crippen LogP contribution in [0.5, 0.6) is 0 Å². The number of amides is 2. The van der Waals surface area contributed by atoms with Crippen molar-refractivity contribution in [3.05, 3.63) is 29.3 Å². The fourth-order valence-electron chi connectivity index (χ4n) is 2.81. The van der Waals surface area contributed by atoms with E-state index in [0.29, 0.717) is 6.42 Å². The summed E-state index contributed by atoms with van der Waals surface area (Å²) in [5, 5.41) is 11.6. The number of aliphatic carboxylic acids is 1. The van der Waals surface area contributed by atoms with Crippen LogP contribution in [0, 0.1) is 0 Å². The Balaban J connectivity index is 2.32. The van der Waals surface area contributed by atoms with Crippen molar-refractivity contribution in [1.82, 2.24) is 9.62 Å². The van der Waals surface area contributed by atoms with Crippen molar-refractivity contribution >= 4 is 27.8 Å². The minimum Gasteiger partial charge on any atom is -0.480 e. The molecule has 0 aliphatic carbocycles. The molecule has 0 saturated heterocycles. The van der Waals surface area contributed by atoms with Gasteiger partial charge in [-0.15, -0.1) is 0 Å². The SMILES string of the molecule is CCCCC(NC(=O)c1ccc2c(c1)S(=O)(=O)N(C(C)C)C2=O)C(=O)O. The van der Waals surface area contributed by atoms with Gasteiger partial charge in [-0.05, 0) is 38.5 Å². The average molecular weight is 382 g/mol. The smallest absolute Gasteiger partial charge is 0.326 e. The minimum atomic E-state index is -4.02. The van der Waals surface area contributed by atoms with E-state index in [9.17, 15) is 27.9 Å². The van der Waals surface area contributed by atoms with Crippen LogP contribution in [-0.4, -0.2) is 47.7 Å². The molecule has 2 amide bonds. The number of benzene rings is 1. The Morgan fingerprint density at radius 3 is 2.46 bits per heavy atom. The third kappa shape index (κ3) is 3.57. The lowest BCUT2D eigenvalue weighted by Crippen LogP contribution is -2.40. The molecule has 2 N–H and O–H groups in total. The number of hydrogen-bond acceptors (Lipinski definition) is 5. The number of rotatable bonds is 7. The highest BCUT2D eigenvalue weighted by molar-refractivity contribution is 7.90. The van der Waals surface area contributed by atoms with Gasteiger partial charge >= 0.3 is 5.97 Å². The summed E-state index contributed by atoms with van der Waals surface area (Å²) in [7, 11) is -4.02. The number of nitrogens with one attached hydrogen (secondary N) is 1. The molecular formula is C17H22N2O6S. The van der Waals surface area contributed by atoms with E-state index in [1.54, 1.807) is 13.8 Å². The lowest BCUT2D eigenvalue weighted by atomic mass is 10.1. The molecule has 0 saturated carbocycles. The molecule has 8 nitrogen and oxygen atoms in total. The number of carboxylic acid groups (broad SMARTS) is 1. The molecule has 142 valence electrons. The summed E-state index contributed by atoms with van der Waals surface area (Å²) < 4.78 is 25.9. The largest absolute Gasteiger partial charge is 0.480 e. The predicted octanol–water partition coefficient (Wildman–Crippen LogP) is 1.61. The quantitative estimate of drug-likeness (QED) is 0.739. The van der Waals surface area contributed by atoms with E-state index in [-0.39, 0.29) is 22.4 Å². The molecule has 1 aliphatic rings. The molecule has 26 heavy (non-hydrogen) atoms. The van der Waals surface area contributed by atoms with Crippen LogP contribution in [0.4, 0.5) is 0 Å². The van der Waals surface area contributed by atoms with Crippen molar-refractivity contribution in [3.8, 4) is 0 Å². The molecule has 1 unspecified atom stereocenters. The number of fused-ring (bicyclic) bond motifs is 1. The van der Waals surface area contributed by atoms with E-state index in [4.69, 9.17) is 0 Å². The fourth-order valence-corrected chi connectivity index (χ4v) is 4.60. The molecule has 2 rings (SSSR count). The number of carboxylic acids is 1. The molecule has 1 aromatic rings. The first kappa shape index (κ1) is 19.9. The molecule has 9 heteroatoms. The molecule has 0 aromatic heterocycles. The Labute approximate surface area is 152 Å². The van der Waals surface area contributed by atoms with Crippen LogP contribution in [-0.2, 0) is 14.8 Å². The maximum absolute atomic E-state index is 12.6. The van der Waals surface area contributed by atoms with Gasteiger partial charge in [0.15, 0.2) is 0 Å². The number of nitrogens with zero attached hydrogens (tertiary/aromatic N) is 1. The van der Waals surface area contributed by atoms with Crippen LogP contribution >= 0.6 is 0 Å². The molecule has 0 bridgehead atoms. The molecule has 1 heterocycles. The van der Waals surface area contributed by atoms with Crippen molar-refractivity contribution in [2.45, 2.75) is 57.0 Å². The van der Waals surface area contributed by atoms with Gasteiger partial charge in [0.2, 0.25) is 0 Å². The van der Waals surface area contributed by atoms with Gasteiger partial charge in [0.1, 0.15) is 10.9 Å². The van der Waals surface area contributed by atoms with Gasteiger partial charge in [0.25, 0.3) is 21.8 Å². The summed E-state index contributed by atoms with van der Waals surface area (Å²) >= 11 is 0. The third-order valence-corrected chi connectivity index (χ3v) is 6.13. The van der Waals surface area contributed by atoms with Gasteiger partial charge in [0.05, 0.1) is 5.56 Å². The summed E-state index contributed by atoms with van der Waals surface area (Å²) in [6.07, 6.45) is 1.69. The van der Waals surface area contributed by atoms with E-state index in [0.717, 1.165) is 16.8 Å². The van der Waals surface area contributed by atoms with Crippen molar-refractivity contribution < 1.29 is 27.9 Å². The van der Waals surface area contributed by atoms with Crippen molar-refractivity contribution in [2.24, 2.45) is 0 Å². The van der Waals surface area contributed by atoms with Gasteiger partial charge in [-0.1, -0.05) is 19.8 Å². The minimum absolute atomic E-state index is 0.00604.